The molecule has 1 aromatic heterocycles. The molecule has 1 fully saturated rings. The van der Waals surface area contributed by atoms with Crippen LogP contribution in [-0.4, -0.2) is 22.2 Å². The van der Waals surface area contributed by atoms with E-state index in [1.54, 1.807) is 0 Å². The molecule has 0 aromatic carbocycles. The Labute approximate surface area is 101 Å². The maximum atomic E-state index is 12.9. The maximum Gasteiger partial charge on any atom is 0.392 e. The maximum absolute atomic E-state index is 12.9. The van der Waals surface area contributed by atoms with Gasteiger partial charge in [-0.3, -0.25) is 0 Å². The van der Waals surface area contributed by atoms with Crippen LogP contribution in [0.25, 0.3) is 0 Å². The third-order valence-electron chi connectivity index (χ3n) is 3.24. The van der Waals surface area contributed by atoms with Gasteiger partial charge in [0.05, 0.1) is 5.92 Å². The number of rotatable bonds is 2. The smallest absolute Gasteiger partial charge is 0.392 e. The summed E-state index contributed by atoms with van der Waals surface area (Å²) in [5, 5.41) is 8.68. The van der Waals surface area contributed by atoms with Gasteiger partial charge in [0.1, 0.15) is 6.26 Å². The van der Waals surface area contributed by atoms with Crippen molar-refractivity contribution in [1.29, 1.82) is 0 Å². The van der Waals surface area contributed by atoms with Crippen LogP contribution in [0.2, 0.25) is 0 Å². The number of halogens is 3. The Bertz CT molecular complexity index is 441. The summed E-state index contributed by atoms with van der Waals surface area (Å²) in [5.41, 5.74) is -0.350. The minimum Gasteiger partial charge on any atom is -0.476 e. The van der Waals surface area contributed by atoms with Gasteiger partial charge in [-0.2, -0.15) is 13.2 Å². The third-order valence-corrected chi connectivity index (χ3v) is 3.24. The van der Waals surface area contributed by atoms with E-state index >= 15 is 0 Å². The lowest BCUT2D eigenvalue weighted by Gasteiger charge is -2.30. The van der Waals surface area contributed by atoms with Crippen molar-refractivity contribution in [3.63, 3.8) is 0 Å². The molecule has 0 spiro atoms. The Kier molecular flexibility index (Phi) is 3.32. The first-order valence-electron chi connectivity index (χ1n) is 5.65. The molecule has 0 saturated heterocycles. The van der Waals surface area contributed by atoms with Crippen molar-refractivity contribution in [3.05, 3.63) is 17.8 Å². The molecule has 100 valence electrons. The van der Waals surface area contributed by atoms with Crippen molar-refractivity contribution in [2.45, 2.75) is 37.8 Å². The highest BCUT2D eigenvalue weighted by atomic mass is 19.4. The monoisotopic (exact) mass is 263 g/mol. The van der Waals surface area contributed by atoms with Crippen LogP contribution >= 0.6 is 0 Å². The van der Waals surface area contributed by atoms with Gasteiger partial charge in [-0.1, -0.05) is 12.8 Å². The Morgan fingerprint density at radius 1 is 1.39 bits per heavy atom. The first kappa shape index (κ1) is 12.9. The molecule has 0 amide bonds. The van der Waals surface area contributed by atoms with Gasteiger partial charge in [-0.25, -0.2) is 9.78 Å². The van der Waals surface area contributed by atoms with E-state index in [1.807, 2.05) is 0 Å². The van der Waals surface area contributed by atoms with Gasteiger partial charge in [-0.05, 0) is 12.8 Å². The molecule has 1 N–H and O–H groups in total. The Morgan fingerprint density at radius 2 is 2.06 bits per heavy atom. The highest BCUT2D eigenvalue weighted by Gasteiger charge is 2.47. The highest BCUT2D eigenvalue weighted by Crippen LogP contribution is 2.46. The molecule has 0 bridgehead atoms. The number of hydrogen-bond acceptors (Lipinski definition) is 3. The lowest BCUT2D eigenvalue weighted by Crippen LogP contribution is -2.31. The SMILES string of the molecule is O=C(O)c1coc(C2CCCCC2C(F)(F)F)n1. The van der Waals surface area contributed by atoms with E-state index in [0.29, 0.717) is 19.3 Å². The summed E-state index contributed by atoms with van der Waals surface area (Å²) in [4.78, 5) is 14.3. The molecule has 7 heteroatoms. The summed E-state index contributed by atoms with van der Waals surface area (Å²) >= 11 is 0. The van der Waals surface area contributed by atoms with Gasteiger partial charge in [0.25, 0.3) is 0 Å². The average molecular weight is 263 g/mol. The number of carboxylic acid groups (broad SMARTS) is 1. The van der Waals surface area contributed by atoms with Crippen LogP contribution in [0.5, 0.6) is 0 Å². The first-order valence-corrected chi connectivity index (χ1v) is 5.65. The summed E-state index contributed by atoms with van der Waals surface area (Å²) < 4.78 is 43.5. The molecule has 4 nitrogen and oxygen atoms in total. The largest absolute Gasteiger partial charge is 0.476 e. The van der Waals surface area contributed by atoms with Gasteiger partial charge >= 0.3 is 12.1 Å². The number of hydrogen-bond donors (Lipinski definition) is 1. The van der Waals surface area contributed by atoms with E-state index < -0.39 is 24.0 Å². The van der Waals surface area contributed by atoms with Crippen molar-refractivity contribution in [1.82, 2.24) is 4.98 Å². The number of alkyl halides is 3. The van der Waals surface area contributed by atoms with Gasteiger partial charge < -0.3 is 9.52 Å². The fourth-order valence-electron chi connectivity index (χ4n) is 2.37. The quantitative estimate of drug-likeness (QED) is 0.889. The van der Waals surface area contributed by atoms with Crippen molar-refractivity contribution >= 4 is 5.97 Å². The molecule has 1 heterocycles. The highest BCUT2D eigenvalue weighted by molar-refractivity contribution is 5.84. The zero-order valence-corrected chi connectivity index (χ0v) is 9.41. The Balaban J connectivity index is 2.25. The molecular formula is C11H12F3NO3. The lowest BCUT2D eigenvalue weighted by molar-refractivity contribution is -0.188. The molecular weight excluding hydrogens is 251 g/mol. The zero-order chi connectivity index (χ0) is 13.3. The number of oxazole rings is 1. The second kappa shape index (κ2) is 4.62. The molecule has 0 radical (unpaired) electrons. The van der Waals surface area contributed by atoms with Crippen molar-refractivity contribution in [3.8, 4) is 0 Å². The third kappa shape index (κ3) is 2.49. The van der Waals surface area contributed by atoms with Crippen LogP contribution in [0.4, 0.5) is 13.2 Å². The molecule has 2 rings (SSSR count). The van der Waals surface area contributed by atoms with Crippen molar-refractivity contribution in [2.75, 3.05) is 0 Å². The molecule has 2 atom stereocenters. The van der Waals surface area contributed by atoms with Gasteiger partial charge in [-0.15, -0.1) is 0 Å². The number of aromatic nitrogens is 1. The van der Waals surface area contributed by atoms with E-state index in [2.05, 4.69) is 4.98 Å². The van der Waals surface area contributed by atoms with E-state index in [9.17, 15) is 18.0 Å². The number of carbonyl (C=O) groups is 1. The summed E-state index contributed by atoms with van der Waals surface area (Å²) in [6.07, 6.45) is -1.86. The van der Waals surface area contributed by atoms with Crippen LogP contribution < -0.4 is 0 Å². The molecule has 1 aromatic rings. The minimum absolute atomic E-state index is 0.0406. The number of carboxylic acids is 1. The number of nitrogens with zero attached hydrogens (tertiary/aromatic N) is 1. The molecule has 1 aliphatic rings. The van der Waals surface area contributed by atoms with Crippen molar-refractivity contribution < 1.29 is 27.5 Å². The average Bonchev–Trinajstić information content (AvgIpc) is 2.77. The van der Waals surface area contributed by atoms with E-state index in [-0.39, 0.29) is 18.0 Å². The molecule has 18 heavy (non-hydrogen) atoms. The molecule has 2 unspecified atom stereocenters. The lowest BCUT2D eigenvalue weighted by atomic mass is 9.78. The molecule has 0 aliphatic heterocycles. The Hall–Kier alpha value is -1.53. The van der Waals surface area contributed by atoms with E-state index in [1.165, 1.54) is 0 Å². The summed E-state index contributed by atoms with van der Waals surface area (Å²) in [5.74, 6) is -3.78. The predicted octanol–water partition coefficient (Wildman–Crippen LogP) is 3.21. The fourth-order valence-corrected chi connectivity index (χ4v) is 2.37. The van der Waals surface area contributed by atoms with Gasteiger partial charge in [0.2, 0.25) is 0 Å². The predicted molar refractivity (Wildman–Crippen MR) is 54.2 cm³/mol. The second-order valence-electron chi connectivity index (χ2n) is 4.42. The van der Waals surface area contributed by atoms with Crippen LogP contribution in [0.15, 0.2) is 10.7 Å². The second-order valence-corrected chi connectivity index (χ2v) is 4.42. The van der Waals surface area contributed by atoms with E-state index in [4.69, 9.17) is 9.52 Å². The zero-order valence-electron chi connectivity index (χ0n) is 9.41. The van der Waals surface area contributed by atoms with Crippen molar-refractivity contribution in [2.24, 2.45) is 5.92 Å². The summed E-state index contributed by atoms with van der Waals surface area (Å²) in [7, 11) is 0. The summed E-state index contributed by atoms with van der Waals surface area (Å²) in [6.45, 7) is 0. The summed E-state index contributed by atoms with van der Waals surface area (Å²) in [6, 6.07) is 0. The van der Waals surface area contributed by atoms with Crippen LogP contribution in [0.3, 0.4) is 0 Å². The molecule has 1 aliphatic carbocycles. The number of aromatic carboxylic acids is 1. The standard InChI is InChI=1S/C11H12F3NO3/c12-11(13,14)7-4-2-1-3-6(7)9-15-8(5-18-9)10(16)17/h5-7H,1-4H2,(H,16,17). The Morgan fingerprint density at radius 3 is 2.61 bits per heavy atom. The first-order chi connectivity index (χ1) is 8.39. The van der Waals surface area contributed by atoms with Gasteiger partial charge in [0.15, 0.2) is 11.6 Å². The van der Waals surface area contributed by atoms with E-state index in [0.717, 1.165) is 6.26 Å². The van der Waals surface area contributed by atoms with Crippen LogP contribution in [0.1, 0.15) is 48.0 Å². The van der Waals surface area contributed by atoms with Crippen LogP contribution in [-0.2, 0) is 0 Å². The van der Waals surface area contributed by atoms with Crippen LogP contribution in [0, 0.1) is 5.92 Å². The topological polar surface area (TPSA) is 63.3 Å². The minimum atomic E-state index is -4.30. The normalized spacial score (nSPS) is 25.1. The molecule has 1 saturated carbocycles. The fraction of sp³-hybridized carbons (Fsp3) is 0.636. The van der Waals surface area contributed by atoms with Gasteiger partial charge in [0, 0.05) is 5.92 Å².